The van der Waals surface area contributed by atoms with Gasteiger partial charge in [0.1, 0.15) is 0 Å². The summed E-state index contributed by atoms with van der Waals surface area (Å²) in [7, 11) is 1.75. The molecule has 0 aliphatic carbocycles. The molecule has 1 N–H and O–H groups in total. The second-order valence-electron chi connectivity index (χ2n) is 5.84. The van der Waals surface area contributed by atoms with Gasteiger partial charge in [-0.3, -0.25) is 13.9 Å². The molecule has 0 radical (unpaired) electrons. The van der Waals surface area contributed by atoms with Crippen molar-refractivity contribution in [2.45, 2.75) is 32.2 Å². The topological polar surface area (TPSA) is 56.0 Å². The summed E-state index contributed by atoms with van der Waals surface area (Å²) in [6.07, 6.45) is 3.01. The predicted octanol–water partition coefficient (Wildman–Crippen LogP) is 1.32. The summed E-state index contributed by atoms with van der Waals surface area (Å²) in [6, 6.07) is 5.56. The van der Waals surface area contributed by atoms with E-state index in [0.29, 0.717) is 11.9 Å². The number of hydrogen-bond acceptors (Lipinski definition) is 3. The van der Waals surface area contributed by atoms with Gasteiger partial charge in [0.2, 0.25) is 0 Å². The van der Waals surface area contributed by atoms with Crippen LogP contribution < -0.4 is 16.6 Å². The molecular formula is C16H21N3O2. The van der Waals surface area contributed by atoms with E-state index in [4.69, 9.17) is 0 Å². The molecule has 0 spiro atoms. The van der Waals surface area contributed by atoms with E-state index in [2.05, 4.69) is 5.32 Å². The molecule has 0 saturated carbocycles. The van der Waals surface area contributed by atoms with Crippen LogP contribution in [0.1, 0.15) is 30.9 Å². The van der Waals surface area contributed by atoms with Crippen LogP contribution in [0.5, 0.6) is 0 Å². The first-order valence-corrected chi connectivity index (χ1v) is 7.53. The maximum absolute atomic E-state index is 12.8. The molecule has 112 valence electrons. The number of nitrogens with one attached hydrogen (secondary N) is 1. The molecule has 21 heavy (non-hydrogen) atoms. The van der Waals surface area contributed by atoms with E-state index in [1.54, 1.807) is 11.6 Å². The first-order valence-electron chi connectivity index (χ1n) is 7.53. The van der Waals surface area contributed by atoms with Crippen molar-refractivity contribution in [1.82, 2.24) is 14.5 Å². The lowest BCUT2D eigenvalue weighted by Crippen LogP contribution is -2.44. The molecule has 1 aromatic carbocycles. The van der Waals surface area contributed by atoms with Crippen molar-refractivity contribution in [3.8, 4) is 0 Å². The third-order valence-corrected chi connectivity index (χ3v) is 4.40. The Morgan fingerprint density at radius 1 is 1.24 bits per heavy atom. The fourth-order valence-corrected chi connectivity index (χ4v) is 3.29. The zero-order chi connectivity index (χ0) is 15.0. The number of benzene rings is 1. The van der Waals surface area contributed by atoms with E-state index in [-0.39, 0.29) is 17.3 Å². The Kier molecular flexibility index (Phi) is 3.68. The minimum atomic E-state index is -0.212. The second kappa shape index (κ2) is 5.48. The molecule has 1 aliphatic rings. The summed E-state index contributed by atoms with van der Waals surface area (Å²) < 4.78 is 3.05. The van der Waals surface area contributed by atoms with E-state index < -0.39 is 0 Å². The molecule has 1 saturated heterocycles. The number of aryl methyl sites for hydroxylation is 2. The highest BCUT2D eigenvalue weighted by atomic mass is 16.2. The molecule has 0 bridgehead atoms. The molecular weight excluding hydrogens is 266 g/mol. The number of nitrogens with zero attached hydrogens (tertiary/aromatic N) is 2. The summed E-state index contributed by atoms with van der Waals surface area (Å²) in [5.41, 5.74) is 1.32. The standard InChI is InChI=1S/C16H21N3O2/c1-11-6-5-8-13-14(11)18(2)16(21)19(15(13)20)12-7-3-4-9-17-10-12/h5-6,8,12,17H,3-4,7,9-10H2,1-2H3. The molecule has 2 aromatic rings. The Balaban J connectivity index is 2.29. The van der Waals surface area contributed by atoms with Crippen LogP contribution in [0, 0.1) is 6.92 Å². The van der Waals surface area contributed by atoms with Crippen molar-refractivity contribution in [3.63, 3.8) is 0 Å². The Bertz CT molecular complexity index is 780. The summed E-state index contributed by atoms with van der Waals surface area (Å²) in [5, 5.41) is 3.95. The fraction of sp³-hybridized carbons (Fsp3) is 0.500. The third-order valence-electron chi connectivity index (χ3n) is 4.40. The highest BCUT2D eigenvalue weighted by Crippen LogP contribution is 2.17. The van der Waals surface area contributed by atoms with Gasteiger partial charge in [-0.25, -0.2) is 4.79 Å². The van der Waals surface area contributed by atoms with Crippen LogP contribution in [0.25, 0.3) is 10.9 Å². The normalized spacial score (nSPS) is 19.6. The van der Waals surface area contributed by atoms with Gasteiger partial charge in [0.15, 0.2) is 0 Å². The Morgan fingerprint density at radius 2 is 2.05 bits per heavy atom. The molecule has 1 aromatic heterocycles. The van der Waals surface area contributed by atoms with Crippen molar-refractivity contribution in [1.29, 1.82) is 0 Å². The lowest BCUT2D eigenvalue weighted by molar-refractivity contribution is 0.426. The van der Waals surface area contributed by atoms with Gasteiger partial charge in [0.05, 0.1) is 16.9 Å². The highest BCUT2D eigenvalue weighted by Gasteiger charge is 2.20. The lowest BCUT2D eigenvalue weighted by Gasteiger charge is -2.19. The largest absolute Gasteiger partial charge is 0.331 e. The highest BCUT2D eigenvalue weighted by molar-refractivity contribution is 5.81. The van der Waals surface area contributed by atoms with E-state index in [1.807, 2.05) is 25.1 Å². The van der Waals surface area contributed by atoms with Crippen molar-refractivity contribution in [2.24, 2.45) is 7.05 Å². The minimum absolute atomic E-state index is 0.0522. The first kappa shape index (κ1) is 14.1. The van der Waals surface area contributed by atoms with Gasteiger partial charge in [-0.2, -0.15) is 0 Å². The van der Waals surface area contributed by atoms with Gasteiger partial charge in [-0.05, 0) is 37.9 Å². The SMILES string of the molecule is Cc1cccc2c(=O)n(C3CCCCNC3)c(=O)n(C)c12. The second-order valence-corrected chi connectivity index (χ2v) is 5.84. The Hall–Kier alpha value is -1.88. The fourth-order valence-electron chi connectivity index (χ4n) is 3.29. The van der Waals surface area contributed by atoms with Gasteiger partial charge in [0.25, 0.3) is 5.56 Å². The number of para-hydroxylation sites is 1. The van der Waals surface area contributed by atoms with E-state index in [1.165, 1.54) is 4.57 Å². The average Bonchev–Trinajstić information content (AvgIpc) is 2.74. The summed E-state index contributed by atoms with van der Waals surface area (Å²) in [4.78, 5) is 25.5. The van der Waals surface area contributed by atoms with Crippen LogP contribution in [-0.4, -0.2) is 22.2 Å². The predicted molar refractivity (Wildman–Crippen MR) is 83.9 cm³/mol. The third kappa shape index (κ3) is 2.31. The molecule has 5 nitrogen and oxygen atoms in total. The monoisotopic (exact) mass is 287 g/mol. The molecule has 0 amide bonds. The lowest BCUT2D eigenvalue weighted by atomic mass is 10.1. The molecule has 1 unspecified atom stereocenters. The van der Waals surface area contributed by atoms with E-state index >= 15 is 0 Å². The number of fused-ring (bicyclic) bond motifs is 1. The summed E-state index contributed by atoms with van der Waals surface area (Å²) >= 11 is 0. The number of hydrogen-bond donors (Lipinski definition) is 1. The maximum atomic E-state index is 12.8. The molecule has 3 rings (SSSR count). The zero-order valence-electron chi connectivity index (χ0n) is 12.6. The first-order chi connectivity index (χ1) is 10.1. The average molecular weight is 287 g/mol. The van der Waals surface area contributed by atoms with Gasteiger partial charge in [-0.15, -0.1) is 0 Å². The zero-order valence-corrected chi connectivity index (χ0v) is 12.6. The van der Waals surface area contributed by atoms with Crippen molar-refractivity contribution < 1.29 is 0 Å². The van der Waals surface area contributed by atoms with Crippen LogP contribution in [0.15, 0.2) is 27.8 Å². The summed E-state index contributed by atoms with van der Waals surface area (Å²) in [6.45, 7) is 3.57. The van der Waals surface area contributed by atoms with Gasteiger partial charge in [-0.1, -0.05) is 18.6 Å². The van der Waals surface area contributed by atoms with Gasteiger partial charge in [0, 0.05) is 13.6 Å². The molecule has 2 heterocycles. The van der Waals surface area contributed by atoms with Crippen molar-refractivity contribution in [2.75, 3.05) is 13.1 Å². The number of rotatable bonds is 1. The maximum Gasteiger partial charge on any atom is 0.331 e. The van der Waals surface area contributed by atoms with Crippen LogP contribution in [0.3, 0.4) is 0 Å². The molecule has 1 fully saturated rings. The van der Waals surface area contributed by atoms with Crippen molar-refractivity contribution in [3.05, 3.63) is 44.6 Å². The van der Waals surface area contributed by atoms with E-state index in [0.717, 1.165) is 36.9 Å². The van der Waals surface area contributed by atoms with Gasteiger partial charge < -0.3 is 5.32 Å². The molecule has 5 heteroatoms. The van der Waals surface area contributed by atoms with Crippen LogP contribution >= 0.6 is 0 Å². The quantitative estimate of drug-likeness (QED) is 0.860. The number of aromatic nitrogens is 2. The molecule has 1 aliphatic heterocycles. The molecule has 1 atom stereocenters. The minimum Gasteiger partial charge on any atom is -0.315 e. The van der Waals surface area contributed by atoms with Crippen molar-refractivity contribution >= 4 is 10.9 Å². The smallest absolute Gasteiger partial charge is 0.315 e. The van der Waals surface area contributed by atoms with E-state index in [9.17, 15) is 9.59 Å². The summed E-state index contributed by atoms with van der Waals surface area (Å²) in [5.74, 6) is 0. The van der Waals surface area contributed by atoms with Gasteiger partial charge >= 0.3 is 5.69 Å². The van der Waals surface area contributed by atoms with Crippen LogP contribution in [0.4, 0.5) is 0 Å². The van der Waals surface area contributed by atoms with Crippen LogP contribution in [0.2, 0.25) is 0 Å². The Morgan fingerprint density at radius 3 is 2.86 bits per heavy atom. The Labute approximate surface area is 123 Å². The van der Waals surface area contributed by atoms with Crippen LogP contribution in [-0.2, 0) is 7.05 Å².